The lowest BCUT2D eigenvalue weighted by Crippen LogP contribution is -2.16. The lowest BCUT2D eigenvalue weighted by molar-refractivity contribution is -0.114. The summed E-state index contributed by atoms with van der Waals surface area (Å²) in [7, 11) is 0. The largest absolute Gasteiger partial charge is 0.326 e. The summed E-state index contributed by atoms with van der Waals surface area (Å²) in [6.45, 7) is 7.29. The van der Waals surface area contributed by atoms with Crippen molar-refractivity contribution in [3.05, 3.63) is 71.0 Å². The minimum atomic E-state index is -0.362. The van der Waals surface area contributed by atoms with Crippen molar-refractivity contribution in [1.29, 1.82) is 0 Å². The Morgan fingerprint density at radius 1 is 0.862 bits per heavy atom. The van der Waals surface area contributed by atoms with E-state index in [1.807, 2.05) is 39.0 Å². The molecule has 0 saturated carbocycles. The maximum Gasteiger partial charge on any atom is 0.274 e. The first kappa shape index (κ1) is 20.0. The predicted molar refractivity (Wildman–Crippen MR) is 115 cm³/mol. The third kappa shape index (κ3) is 5.16. The van der Waals surface area contributed by atoms with E-state index in [4.69, 9.17) is 0 Å². The number of aromatic nitrogens is 2. The number of carbonyl (C=O) groups excluding carboxylic acids is 2. The van der Waals surface area contributed by atoms with Crippen molar-refractivity contribution in [3.8, 4) is 0 Å². The summed E-state index contributed by atoms with van der Waals surface area (Å²) in [5, 5.41) is 8.68. The highest BCUT2D eigenvalue weighted by molar-refractivity contribution is 6.03. The fourth-order valence-electron chi connectivity index (χ4n) is 2.82. The molecule has 1 heterocycles. The average Bonchev–Trinajstić information content (AvgIpc) is 2.65. The van der Waals surface area contributed by atoms with Crippen LogP contribution >= 0.6 is 0 Å². The highest BCUT2D eigenvalue weighted by atomic mass is 16.2. The minimum absolute atomic E-state index is 0.179. The summed E-state index contributed by atoms with van der Waals surface area (Å²) < 4.78 is 0. The lowest BCUT2D eigenvalue weighted by Gasteiger charge is -2.12. The van der Waals surface area contributed by atoms with E-state index in [0.29, 0.717) is 23.0 Å². The first-order chi connectivity index (χ1) is 13.8. The van der Waals surface area contributed by atoms with Gasteiger partial charge in [-0.15, -0.1) is 0 Å². The maximum atomic E-state index is 12.7. The number of nitrogens with zero attached hydrogens (tertiary/aromatic N) is 2. The van der Waals surface area contributed by atoms with Gasteiger partial charge in [0.2, 0.25) is 11.9 Å². The fraction of sp³-hybridized carbons (Fsp3) is 0.182. The van der Waals surface area contributed by atoms with E-state index in [9.17, 15) is 9.59 Å². The molecule has 1 aromatic heterocycles. The number of carbonyl (C=O) groups is 2. The molecule has 0 spiro atoms. The number of aryl methyl sites for hydroxylation is 2. The molecule has 0 aliphatic rings. The second kappa shape index (κ2) is 8.52. The maximum absolute atomic E-state index is 12.7. The molecule has 0 radical (unpaired) electrons. The van der Waals surface area contributed by atoms with Crippen LogP contribution in [0.3, 0.4) is 0 Å². The van der Waals surface area contributed by atoms with Gasteiger partial charge in [0.25, 0.3) is 5.91 Å². The molecule has 148 valence electrons. The number of anilines is 4. The molecule has 2 aromatic carbocycles. The number of amides is 2. The van der Waals surface area contributed by atoms with Crippen LogP contribution in [0.25, 0.3) is 0 Å². The molecule has 0 fully saturated rings. The summed E-state index contributed by atoms with van der Waals surface area (Å²) >= 11 is 0. The average molecular weight is 389 g/mol. The second-order valence-corrected chi connectivity index (χ2v) is 6.81. The zero-order valence-corrected chi connectivity index (χ0v) is 16.8. The predicted octanol–water partition coefficient (Wildman–Crippen LogP) is 4.36. The third-order valence-corrected chi connectivity index (χ3v) is 4.38. The fourth-order valence-corrected chi connectivity index (χ4v) is 2.82. The molecule has 7 nitrogen and oxygen atoms in total. The van der Waals surface area contributed by atoms with E-state index in [0.717, 1.165) is 16.8 Å². The molecular formula is C22H23N5O2. The van der Waals surface area contributed by atoms with Crippen molar-refractivity contribution >= 4 is 34.8 Å². The van der Waals surface area contributed by atoms with Gasteiger partial charge in [-0.05, 0) is 62.2 Å². The molecule has 0 atom stereocenters. The molecule has 7 heteroatoms. The Balaban J connectivity index is 1.81. The molecule has 3 aromatic rings. The quantitative estimate of drug-likeness (QED) is 0.603. The molecule has 0 bridgehead atoms. The number of rotatable bonds is 5. The van der Waals surface area contributed by atoms with E-state index in [2.05, 4.69) is 25.9 Å². The van der Waals surface area contributed by atoms with Crippen LogP contribution in [0.15, 0.2) is 48.5 Å². The third-order valence-electron chi connectivity index (χ3n) is 4.38. The van der Waals surface area contributed by atoms with E-state index >= 15 is 0 Å². The van der Waals surface area contributed by atoms with Crippen LogP contribution in [0.1, 0.15) is 34.2 Å². The molecule has 3 rings (SSSR count). The first-order valence-electron chi connectivity index (χ1n) is 9.20. The Bertz CT molecular complexity index is 1080. The van der Waals surface area contributed by atoms with Gasteiger partial charge in [0, 0.05) is 29.7 Å². The molecule has 0 saturated heterocycles. The van der Waals surface area contributed by atoms with Gasteiger partial charge in [0.1, 0.15) is 5.69 Å². The molecular weight excluding hydrogens is 366 g/mol. The minimum Gasteiger partial charge on any atom is -0.326 e. The summed E-state index contributed by atoms with van der Waals surface area (Å²) in [6.07, 6.45) is 0. The highest BCUT2D eigenvalue weighted by Gasteiger charge is 2.12. The number of nitrogens with one attached hydrogen (secondary N) is 3. The zero-order chi connectivity index (χ0) is 21.0. The van der Waals surface area contributed by atoms with Gasteiger partial charge in [-0.3, -0.25) is 9.59 Å². The topological polar surface area (TPSA) is 96.0 Å². The van der Waals surface area contributed by atoms with Gasteiger partial charge >= 0.3 is 0 Å². The van der Waals surface area contributed by atoms with E-state index in [-0.39, 0.29) is 17.5 Å². The van der Waals surface area contributed by atoms with Gasteiger partial charge in [0.05, 0.1) is 0 Å². The van der Waals surface area contributed by atoms with Crippen LogP contribution in [0.4, 0.5) is 23.0 Å². The smallest absolute Gasteiger partial charge is 0.274 e. The summed E-state index contributed by atoms with van der Waals surface area (Å²) in [5.41, 5.74) is 5.22. The monoisotopic (exact) mass is 389 g/mol. The standard InChI is InChI=1S/C22H23N5O2/c1-13-7-5-10-19(15(13)3)26-22-23-14(2)11-20(27-22)21(29)25-18-9-6-8-17(12-18)24-16(4)28/h5-12H,1-4H3,(H,24,28)(H,25,29)(H,23,26,27). The van der Waals surface area contributed by atoms with Crippen molar-refractivity contribution in [2.24, 2.45) is 0 Å². The molecule has 29 heavy (non-hydrogen) atoms. The number of hydrogen-bond acceptors (Lipinski definition) is 5. The van der Waals surface area contributed by atoms with Gasteiger partial charge < -0.3 is 16.0 Å². The Kier molecular flexibility index (Phi) is 5.87. The van der Waals surface area contributed by atoms with Crippen molar-refractivity contribution in [1.82, 2.24) is 9.97 Å². The van der Waals surface area contributed by atoms with Crippen molar-refractivity contribution in [3.63, 3.8) is 0 Å². The SMILES string of the molecule is CC(=O)Nc1cccc(NC(=O)c2cc(C)nc(Nc3cccc(C)c3C)n2)c1. The zero-order valence-electron chi connectivity index (χ0n) is 16.8. The number of hydrogen-bond donors (Lipinski definition) is 3. The van der Waals surface area contributed by atoms with Crippen LogP contribution < -0.4 is 16.0 Å². The van der Waals surface area contributed by atoms with Gasteiger partial charge in [-0.2, -0.15) is 0 Å². The Morgan fingerprint density at radius 2 is 1.55 bits per heavy atom. The van der Waals surface area contributed by atoms with Crippen LogP contribution in [0.2, 0.25) is 0 Å². The van der Waals surface area contributed by atoms with E-state index < -0.39 is 0 Å². The summed E-state index contributed by atoms with van der Waals surface area (Å²) in [5.74, 6) is -0.183. The van der Waals surface area contributed by atoms with Crippen molar-refractivity contribution < 1.29 is 9.59 Å². The Hall–Kier alpha value is -3.74. The second-order valence-electron chi connectivity index (χ2n) is 6.81. The molecule has 0 aliphatic heterocycles. The Morgan fingerprint density at radius 3 is 2.28 bits per heavy atom. The summed E-state index contributed by atoms with van der Waals surface area (Å²) in [4.78, 5) is 32.7. The van der Waals surface area contributed by atoms with Gasteiger partial charge in [-0.25, -0.2) is 9.97 Å². The molecule has 0 aliphatic carbocycles. The van der Waals surface area contributed by atoms with E-state index in [1.54, 1.807) is 30.3 Å². The van der Waals surface area contributed by atoms with E-state index in [1.165, 1.54) is 6.92 Å². The van der Waals surface area contributed by atoms with Crippen LogP contribution in [0, 0.1) is 20.8 Å². The van der Waals surface area contributed by atoms with Crippen LogP contribution in [-0.2, 0) is 4.79 Å². The molecule has 3 N–H and O–H groups in total. The normalized spacial score (nSPS) is 10.3. The number of benzene rings is 2. The van der Waals surface area contributed by atoms with Crippen LogP contribution in [0.5, 0.6) is 0 Å². The molecule has 0 unspecified atom stereocenters. The van der Waals surface area contributed by atoms with Crippen molar-refractivity contribution in [2.75, 3.05) is 16.0 Å². The van der Waals surface area contributed by atoms with Gasteiger partial charge in [-0.1, -0.05) is 18.2 Å². The lowest BCUT2D eigenvalue weighted by atomic mass is 10.1. The Labute approximate surface area is 169 Å². The van der Waals surface area contributed by atoms with Crippen LogP contribution in [-0.4, -0.2) is 21.8 Å². The van der Waals surface area contributed by atoms with Gasteiger partial charge in [0.15, 0.2) is 0 Å². The first-order valence-corrected chi connectivity index (χ1v) is 9.20. The van der Waals surface area contributed by atoms with Crippen molar-refractivity contribution in [2.45, 2.75) is 27.7 Å². The molecule has 2 amide bonds. The highest BCUT2D eigenvalue weighted by Crippen LogP contribution is 2.22. The summed E-state index contributed by atoms with van der Waals surface area (Å²) in [6, 6.07) is 14.5.